The summed E-state index contributed by atoms with van der Waals surface area (Å²) >= 11 is 0. The Morgan fingerprint density at radius 1 is 0.492 bits per heavy atom. The van der Waals surface area contributed by atoms with Gasteiger partial charge in [-0.1, -0.05) is 189 Å². The number of hydrogen-bond donors (Lipinski definition) is 2. The van der Waals surface area contributed by atoms with Crippen LogP contribution in [0.2, 0.25) is 0 Å². The number of ether oxygens (including phenoxy) is 2. The molecule has 362 valence electrons. The smallest absolute Gasteiger partial charge is 0.462 e. The molecule has 0 spiro atoms. The number of phosphoric ester groups is 1. The van der Waals surface area contributed by atoms with Crippen molar-refractivity contribution < 1.29 is 37.6 Å². The second-order valence-electron chi connectivity index (χ2n) is 16.3. The Balaban J connectivity index is 4.04. The maximum Gasteiger partial charge on any atom is 0.472 e. The first-order valence-corrected chi connectivity index (χ1v) is 26.6. The van der Waals surface area contributed by atoms with E-state index in [-0.39, 0.29) is 32.6 Å². The van der Waals surface area contributed by atoms with Gasteiger partial charge in [0.05, 0.1) is 13.2 Å². The molecule has 0 saturated carbocycles. The Morgan fingerprint density at radius 3 is 1.32 bits per heavy atom. The maximum atomic E-state index is 12.6. The monoisotopic (exact) mass is 902 g/mol. The van der Waals surface area contributed by atoms with Gasteiger partial charge < -0.3 is 20.1 Å². The average molecular weight is 902 g/mol. The van der Waals surface area contributed by atoms with E-state index in [1.54, 1.807) is 0 Å². The molecule has 0 aliphatic carbocycles. The van der Waals surface area contributed by atoms with E-state index >= 15 is 0 Å². The lowest BCUT2D eigenvalue weighted by Gasteiger charge is -2.19. The predicted molar refractivity (Wildman–Crippen MR) is 265 cm³/mol. The first-order valence-electron chi connectivity index (χ1n) is 25.1. The molecule has 2 unspecified atom stereocenters. The molecule has 0 aliphatic heterocycles. The molecule has 63 heavy (non-hydrogen) atoms. The summed E-state index contributed by atoms with van der Waals surface area (Å²) in [5.74, 6) is -0.847. The maximum absolute atomic E-state index is 12.6. The molecule has 0 heterocycles. The van der Waals surface area contributed by atoms with E-state index in [9.17, 15) is 19.0 Å². The van der Waals surface area contributed by atoms with Gasteiger partial charge in [-0.15, -0.1) is 0 Å². The van der Waals surface area contributed by atoms with Gasteiger partial charge in [0.2, 0.25) is 0 Å². The third-order valence-electron chi connectivity index (χ3n) is 10.3. The van der Waals surface area contributed by atoms with Crippen LogP contribution >= 0.6 is 7.82 Å². The van der Waals surface area contributed by atoms with Gasteiger partial charge in [-0.2, -0.15) is 0 Å². The normalized spacial score (nSPS) is 13.9. The molecule has 0 aromatic rings. The quantitative estimate of drug-likeness (QED) is 0.0265. The number of allylic oxidation sites excluding steroid dienone is 14. The SMILES string of the molecule is CC/C=C\C/C=C\C/C=C\C/C=C\C/C=C\C/C=C\CCCCCCCCCCCCC(=O)OC(COC(=O)CCCCCCC/C=C\CCCCCC)COP(=O)(O)OCCN. The minimum absolute atomic E-state index is 0.0481. The Labute approximate surface area is 385 Å². The lowest BCUT2D eigenvalue weighted by molar-refractivity contribution is -0.161. The van der Waals surface area contributed by atoms with Crippen LogP contribution in [-0.2, 0) is 32.7 Å². The topological polar surface area (TPSA) is 134 Å². The van der Waals surface area contributed by atoms with Gasteiger partial charge in [0.25, 0.3) is 0 Å². The molecule has 0 aromatic carbocycles. The summed E-state index contributed by atoms with van der Waals surface area (Å²) < 4.78 is 32.9. The Kier molecular flexibility index (Phi) is 46.5. The fourth-order valence-corrected chi connectivity index (χ4v) is 7.34. The van der Waals surface area contributed by atoms with Crippen molar-refractivity contribution in [3.05, 3.63) is 85.1 Å². The molecular weight excluding hydrogens is 810 g/mol. The molecule has 0 bridgehead atoms. The highest BCUT2D eigenvalue weighted by Gasteiger charge is 2.26. The number of rotatable bonds is 46. The highest BCUT2D eigenvalue weighted by Crippen LogP contribution is 2.43. The Bertz CT molecular complexity index is 1300. The van der Waals surface area contributed by atoms with Crippen LogP contribution in [0.1, 0.15) is 206 Å². The van der Waals surface area contributed by atoms with E-state index in [4.69, 9.17) is 24.3 Å². The van der Waals surface area contributed by atoms with E-state index in [1.807, 2.05) is 0 Å². The molecule has 0 radical (unpaired) electrons. The van der Waals surface area contributed by atoms with Crippen LogP contribution in [-0.4, -0.2) is 49.3 Å². The minimum atomic E-state index is -4.39. The highest BCUT2D eigenvalue weighted by molar-refractivity contribution is 7.47. The first-order chi connectivity index (χ1) is 30.8. The van der Waals surface area contributed by atoms with E-state index in [0.717, 1.165) is 103 Å². The summed E-state index contributed by atoms with van der Waals surface area (Å²) in [5, 5.41) is 0. The molecule has 2 atom stereocenters. The van der Waals surface area contributed by atoms with Crippen LogP contribution < -0.4 is 5.73 Å². The highest BCUT2D eigenvalue weighted by atomic mass is 31.2. The summed E-state index contributed by atoms with van der Waals surface area (Å²) in [4.78, 5) is 35.0. The number of carbonyl (C=O) groups is 2. The molecule has 0 amide bonds. The zero-order valence-electron chi connectivity index (χ0n) is 40.0. The summed E-state index contributed by atoms with van der Waals surface area (Å²) in [5.41, 5.74) is 5.36. The van der Waals surface area contributed by atoms with E-state index in [1.165, 1.54) is 70.6 Å². The molecular formula is C53H92NO8P. The van der Waals surface area contributed by atoms with Crippen molar-refractivity contribution in [2.75, 3.05) is 26.4 Å². The number of unbranched alkanes of at least 4 members (excludes halogenated alkanes) is 19. The van der Waals surface area contributed by atoms with Crippen molar-refractivity contribution in [1.82, 2.24) is 0 Å². The predicted octanol–water partition coefficient (Wildman–Crippen LogP) is 15.2. The van der Waals surface area contributed by atoms with Gasteiger partial charge in [0.15, 0.2) is 6.10 Å². The van der Waals surface area contributed by atoms with Crippen LogP contribution in [0.4, 0.5) is 0 Å². The first kappa shape index (κ1) is 60.2. The van der Waals surface area contributed by atoms with Crippen molar-refractivity contribution >= 4 is 19.8 Å². The number of phosphoric acid groups is 1. The lowest BCUT2D eigenvalue weighted by Crippen LogP contribution is -2.29. The van der Waals surface area contributed by atoms with Crippen LogP contribution in [0.25, 0.3) is 0 Å². The Morgan fingerprint density at radius 2 is 0.873 bits per heavy atom. The van der Waals surface area contributed by atoms with Crippen LogP contribution in [0, 0.1) is 0 Å². The van der Waals surface area contributed by atoms with Crippen molar-refractivity contribution in [1.29, 1.82) is 0 Å². The van der Waals surface area contributed by atoms with Gasteiger partial charge in [0, 0.05) is 19.4 Å². The van der Waals surface area contributed by atoms with Crippen LogP contribution in [0.3, 0.4) is 0 Å². The van der Waals surface area contributed by atoms with Crippen LogP contribution in [0.15, 0.2) is 85.1 Å². The van der Waals surface area contributed by atoms with E-state index < -0.39 is 32.5 Å². The molecule has 9 nitrogen and oxygen atoms in total. The number of esters is 2. The summed E-state index contributed by atoms with van der Waals surface area (Å²) in [6, 6.07) is 0. The Hall–Kier alpha value is -2.81. The molecule has 0 saturated heterocycles. The second kappa shape index (κ2) is 48.6. The van der Waals surface area contributed by atoms with Gasteiger partial charge in [-0.25, -0.2) is 4.57 Å². The third kappa shape index (κ3) is 48.5. The molecule has 0 fully saturated rings. The van der Waals surface area contributed by atoms with Crippen molar-refractivity contribution in [2.24, 2.45) is 5.73 Å². The lowest BCUT2D eigenvalue weighted by atomic mass is 10.0. The average Bonchev–Trinajstić information content (AvgIpc) is 3.27. The molecule has 0 rings (SSSR count). The standard InChI is InChI=1S/C53H92NO8P/c1-3-5-7-9-11-13-15-17-18-19-20-21-22-23-24-25-26-27-28-29-30-31-32-34-36-38-40-42-44-46-53(56)62-51(50-61-63(57,58)60-48-47-54)49-59-52(55)45-43-41-39-37-35-33-16-14-12-10-8-6-4-2/h5,7,11,13-14,16-18,20-21,23-24,26-27,51H,3-4,6,8-10,12,15,19,22,25,28-50,54H2,1-2H3,(H,57,58)/b7-5-,13-11-,16-14-,18-17-,21-20-,24-23-,27-26-. The van der Waals surface area contributed by atoms with Crippen molar-refractivity contribution in [3.63, 3.8) is 0 Å². The van der Waals surface area contributed by atoms with Crippen molar-refractivity contribution in [3.8, 4) is 0 Å². The van der Waals surface area contributed by atoms with Crippen LogP contribution in [0.5, 0.6) is 0 Å². The third-order valence-corrected chi connectivity index (χ3v) is 11.2. The fourth-order valence-electron chi connectivity index (χ4n) is 6.57. The summed E-state index contributed by atoms with van der Waals surface area (Å²) in [6.07, 6.45) is 61.9. The zero-order chi connectivity index (χ0) is 46.0. The zero-order valence-corrected chi connectivity index (χ0v) is 40.9. The summed E-state index contributed by atoms with van der Waals surface area (Å²) in [7, 11) is -4.39. The number of hydrogen-bond acceptors (Lipinski definition) is 8. The largest absolute Gasteiger partial charge is 0.472 e. The molecule has 0 aliphatic rings. The minimum Gasteiger partial charge on any atom is -0.462 e. The van der Waals surface area contributed by atoms with E-state index in [2.05, 4.69) is 98.9 Å². The second-order valence-corrected chi connectivity index (χ2v) is 17.8. The van der Waals surface area contributed by atoms with Gasteiger partial charge in [-0.3, -0.25) is 18.6 Å². The van der Waals surface area contributed by atoms with Gasteiger partial charge in [0.1, 0.15) is 6.61 Å². The molecule has 10 heteroatoms. The fraction of sp³-hybridized carbons (Fsp3) is 0.698. The van der Waals surface area contributed by atoms with E-state index in [0.29, 0.717) is 6.42 Å². The molecule has 0 aromatic heterocycles. The molecule has 3 N–H and O–H groups in total. The summed E-state index contributed by atoms with van der Waals surface area (Å²) in [6.45, 7) is 3.59. The van der Waals surface area contributed by atoms with Gasteiger partial charge >= 0.3 is 19.8 Å². The van der Waals surface area contributed by atoms with Gasteiger partial charge in [-0.05, 0) is 89.9 Å². The number of carbonyl (C=O) groups excluding carboxylic acids is 2. The van der Waals surface area contributed by atoms with Crippen molar-refractivity contribution in [2.45, 2.75) is 213 Å². The number of nitrogens with two attached hydrogens (primary N) is 1.